The average Bonchev–Trinajstić information content (AvgIpc) is 3.51. The molecule has 1 aliphatic carbocycles. The molecule has 1 saturated heterocycles. The number of aromatic nitrogens is 5. The van der Waals surface area contributed by atoms with Crippen LogP contribution < -0.4 is 10.9 Å². The Morgan fingerprint density at radius 2 is 1.97 bits per heavy atom. The summed E-state index contributed by atoms with van der Waals surface area (Å²) in [7, 11) is 2.05. The molecule has 11 heteroatoms. The maximum atomic E-state index is 12.9. The van der Waals surface area contributed by atoms with Crippen molar-refractivity contribution in [3.05, 3.63) is 40.6 Å². The van der Waals surface area contributed by atoms with Crippen molar-refractivity contribution >= 4 is 28.6 Å². The molecule has 11 nitrogen and oxygen atoms in total. The number of amides is 1. The van der Waals surface area contributed by atoms with E-state index in [4.69, 9.17) is 0 Å². The zero-order valence-electron chi connectivity index (χ0n) is 19.1. The van der Waals surface area contributed by atoms with Gasteiger partial charge in [-0.1, -0.05) is 12.8 Å². The molecule has 0 atom stereocenters. The Balaban J connectivity index is 1.36. The van der Waals surface area contributed by atoms with E-state index in [0.29, 0.717) is 22.7 Å². The summed E-state index contributed by atoms with van der Waals surface area (Å²) < 4.78 is 3.25. The maximum Gasteiger partial charge on any atom is 0.270 e. The van der Waals surface area contributed by atoms with Gasteiger partial charge in [-0.05, 0) is 26.0 Å². The van der Waals surface area contributed by atoms with E-state index >= 15 is 0 Å². The topological polar surface area (TPSA) is 125 Å². The van der Waals surface area contributed by atoms with Gasteiger partial charge in [0.15, 0.2) is 0 Å². The minimum Gasteiger partial charge on any atom is -0.339 e. The van der Waals surface area contributed by atoms with Gasteiger partial charge < -0.3 is 15.1 Å². The number of carbonyl (C=O) groups excluding carboxylic acids is 1. The molecule has 0 unspecified atom stereocenters. The molecule has 1 saturated carbocycles. The first kappa shape index (κ1) is 22.0. The maximum absolute atomic E-state index is 12.9. The molecule has 0 spiro atoms. The van der Waals surface area contributed by atoms with Crippen molar-refractivity contribution in [2.24, 2.45) is 0 Å². The summed E-state index contributed by atoms with van der Waals surface area (Å²) in [5, 5.41) is 17.5. The summed E-state index contributed by atoms with van der Waals surface area (Å²) in [5.41, 5.74) is 0.969. The quantitative estimate of drug-likeness (QED) is 0.606. The van der Waals surface area contributed by atoms with Gasteiger partial charge >= 0.3 is 0 Å². The van der Waals surface area contributed by atoms with Gasteiger partial charge in [-0.2, -0.15) is 15.3 Å². The van der Waals surface area contributed by atoms with Crippen LogP contribution in [0.3, 0.4) is 0 Å². The Bertz CT molecular complexity index is 1310. The smallest absolute Gasteiger partial charge is 0.270 e. The molecule has 0 aromatic carbocycles. The molecule has 4 heterocycles. The summed E-state index contributed by atoms with van der Waals surface area (Å²) >= 11 is 0. The van der Waals surface area contributed by atoms with E-state index in [-0.39, 0.29) is 29.6 Å². The van der Waals surface area contributed by atoms with Crippen LogP contribution in [0.2, 0.25) is 0 Å². The molecule has 2 aliphatic rings. The first-order valence-electron chi connectivity index (χ1n) is 11.6. The lowest BCUT2D eigenvalue weighted by Crippen LogP contribution is -2.48. The fourth-order valence-corrected chi connectivity index (χ4v) is 4.70. The van der Waals surface area contributed by atoms with Crippen LogP contribution in [0, 0.1) is 11.3 Å². The lowest BCUT2D eigenvalue weighted by molar-refractivity contribution is -0.133. The third kappa shape index (κ3) is 4.36. The molecule has 176 valence electrons. The fraction of sp³-hybridized carbons (Fsp3) is 0.478. The van der Waals surface area contributed by atoms with Gasteiger partial charge in [0.2, 0.25) is 11.9 Å². The zero-order valence-corrected chi connectivity index (χ0v) is 19.1. The number of hydrogen-bond donors (Lipinski definition) is 1. The summed E-state index contributed by atoms with van der Waals surface area (Å²) in [6.07, 6.45) is 8.88. The number of carbonyl (C=O) groups is 1. The van der Waals surface area contributed by atoms with Gasteiger partial charge in [0, 0.05) is 50.0 Å². The normalized spacial score (nSPS) is 17.2. The zero-order chi connectivity index (χ0) is 23.7. The van der Waals surface area contributed by atoms with Crippen molar-refractivity contribution in [2.45, 2.75) is 38.3 Å². The minimum atomic E-state index is -0.304. The molecule has 3 aromatic rings. The van der Waals surface area contributed by atoms with Crippen molar-refractivity contribution in [2.75, 3.05) is 38.5 Å². The van der Waals surface area contributed by atoms with Crippen molar-refractivity contribution in [1.82, 2.24) is 34.1 Å². The molecule has 5 rings (SSSR count). The molecule has 0 bridgehead atoms. The van der Waals surface area contributed by atoms with Gasteiger partial charge in [0.1, 0.15) is 23.8 Å². The molecular weight excluding hydrogens is 434 g/mol. The second-order valence-corrected chi connectivity index (χ2v) is 8.99. The molecule has 0 radical (unpaired) electrons. The van der Waals surface area contributed by atoms with Gasteiger partial charge in [0.25, 0.3) is 5.56 Å². The Morgan fingerprint density at radius 3 is 2.71 bits per heavy atom. The van der Waals surface area contributed by atoms with E-state index in [9.17, 15) is 14.9 Å². The Labute approximate surface area is 196 Å². The van der Waals surface area contributed by atoms with Crippen LogP contribution in [0.1, 0.15) is 37.3 Å². The van der Waals surface area contributed by atoms with E-state index in [1.807, 2.05) is 11.0 Å². The highest BCUT2D eigenvalue weighted by Crippen LogP contribution is 2.30. The monoisotopic (exact) mass is 461 g/mol. The Morgan fingerprint density at radius 1 is 1.21 bits per heavy atom. The van der Waals surface area contributed by atoms with E-state index in [1.54, 1.807) is 33.9 Å². The van der Waals surface area contributed by atoms with Gasteiger partial charge in [-0.25, -0.2) is 4.98 Å². The van der Waals surface area contributed by atoms with E-state index in [1.165, 1.54) is 0 Å². The summed E-state index contributed by atoms with van der Waals surface area (Å²) in [6, 6.07) is 3.59. The molecule has 2 fully saturated rings. The number of likely N-dealkylation sites (N-methyl/N-ethyl adjacent to an activating group) is 1. The standard InChI is InChI=1S/C23H27N9O2/c1-29-6-8-30(9-7-29)20(33)15-31-14-18(13-26-31)27-23-25-12-17-10-16(11-24)22(34)32(21(17)28-23)19-4-2-3-5-19/h10,12-14,19H,2-9,15H2,1H3,(H,25,27,28). The third-order valence-electron chi connectivity index (χ3n) is 6.63. The van der Waals surface area contributed by atoms with E-state index < -0.39 is 0 Å². The number of pyridine rings is 1. The molecular formula is C23H27N9O2. The number of rotatable bonds is 5. The van der Waals surface area contributed by atoms with Crippen LogP contribution in [0.15, 0.2) is 29.5 Å². The molecule has 1 amide bonds. The van der Waals surface area contributed by atoms with Crippen molar-refractivity contribution in [3.63, 3.8) is 0 Å². The molecule has 1 N–H and O–H groups in total. The predicted molar refractivity (Wildman–Crippen MR) is 126 cm³/mol. The fourth-order valence-electron chi connectivity index (χ4n) is 4.70. The van der Waals surface area contributed by atoms with Crippen molar-refractivity contribution < 1.29 is 4.79 Å². The first-order valence-corrected chi connectivity index (χ1v) is 11.6. The third-order valence-corrected chi connectivity index (χ3v) is 6.63. The SMILES string of the molecule is CN1CCN(C(=O)Cn2cc(Nc3ncc4cc(C#N)c(=O)n(C5CCCC5)c4n3)cn2)CC1. The lowest BCUT2D eigenvalue weighted by atomic mass is 10.2. The largest absolute Gasteiger partial charge is 0.339 e. The second kappa shape index (κ2) is 9.23. The summed E-state index contributed by atoms with van der Waals surface area (Å²) in [5.74, 6) is 0.367. The number of piperazine rings is 1. The summed E-state index contributed by atoms with van der Waals surface area (Å²) in [4.78, 5) is 38.6. The van der Waals surface area contributed by atoms with Crippen LogP contribution in [0.5, 0.6) is 0 Å². The second-order valence-electron chi connectivity index (χ2n) is 8.99. The highest BCUT2D eigenvalue weighted by Gasteiger charge is 2.23. The first-order chi connectivity index (χ1) is 16.5. The Hall–Kier alpha value is -3.78. The molecule has 3 aromatic heterocycles. The van der Waals surface area contributed by atoms with Gasteiger partial charge in [-0.15, -0.1) is 0 Å². The van der Waals surface area contributed by atoms with E-state index in [0.717, 1.165) is 51.9 Å². The number of hydrogen-bond acceptors (Lipinski definition) is 8. The van der Waals surface area contributed by atoms with Crippen molar-refractivity contribution in [3.8, 4) is 6.07 Å². The molecule has 34 heavy (non-hydrogen) atoms. The Kier molecular flexibility index (Phi) is 5.98. The number of nitrogens with one attached hydrogen (secondary N) is 1. The number of fused-ring (bicyclic) bond motifs is 1. The van der Waals surface area contributed by atoms with E-state index in [2.05, 4.69) is 32.3 Å². The minimum absolute atomic E-state index is 0.0365. The number of nitriles is 1. The van der Waals surface area contributed by atoms with Crippen LogP contribution in [-0.4, -0.2) is 73.2 Å². The highest BCUT2D eigenvalue weighted by atomic mass is 16.2. The molecule has 1 aliphatic heterocycles. The predicted octanol–water partition coefficient (Wildman–Crippen LogP) is 1.49. The average molecular weight is 462 g/mol. The van der Waals surface area contributed by atoms with Crippen LogP contribution in [0.25, 0.3) is 11.0 Å². The van der Waals surface area contributed by atoms with Crippen LogP contribution >= 0.6 is 0 Å². The number of nitrogens with zero attached hydrogens (tertiary/aromatic N) is 8. The van der Waals surface area contributed by atoms with Crippen LogP contribution in [0.4, 0.5) is 11.6 Å². The lowest BCUT2D eigenvalue weighted by Gasteiger charge is -2.32. The summed E-state index contributed by atoms with van der Waals surface area (Å²) in [6.45, 7) is 3.37. The number of anilines is 2. The van der Waals surface area contributed by atoms with Gasteiger partial charge in [0.05, 0.1) is 11.9 Å². The van der Waals surface area contributed by atoms with Gasteiger partial charge in [-0.3, -0.25) is 18.8 Å². The highest BCUT2D eigenvalue weighted by molar-refractivity contribution is 5.78. The van der Waals surface area contributed by atoms with Crippen molar-refractivity contribution in [1.29, 1.82) is 5.26 Å². The van der Waals surface area contributed by atoms with Crippen LogP contribution in [-0.2, 0) is 11.3 Å².